The Balaban J connectivity index is 3.08. The highest BCUT2D eigenvalue weighted by Gasteiger charge is 2.39. The molecule has 1 N–H and O–H groups in total. The number of carboxylic acid groups (broad SMARTS) is 1. The summed E-state index contributed by atoms with van der Waals surface area (Å²) < 4.78 is 5.72. The Morgan fingerprint density at radius 3 is 2.38 bits per heavy atom. The summed E-state index contributed by atoms with van der Waals surface area (Å²) in [4.78, 5) is 19.2. The minimum Gasteiger partial charge on any atom is -0.479 e. The molecule has 1 rings (SSSR count). The average molecular weight is 289 g/mol. The number of methoxy groups -OCH3 is 1. The molecule has 1 aromatic rings. The lowest BCUT2D eigenvalue weighted by Gasteiger charge is -2.28. The smallest absolute Gasteiger partial charge is 0.333 e. The van der Waals surface area contributed by atoms with Crippen LogP contribution in [-0.4, -0.2) is 34.3 Å². The van der Waals surface area contributed by atoms with Crippen LogP contribution in [0.5, 0.6) is 0 Å². The molecule has 1 heterocycles. The van der Waals surface area contributed by atoms with E-state index in [1.54, 1.807) is 26.2 Å². The molecule has 0 saturated heterocycles. The van der Waals surface area contributed by atoms with Gasteiger partial charge in [0.25, 0.3) is 0 Å². The molecule has 5 nitrogen and oxygen atoms in total. The van der Waals surface area contributed by atoms with Gasteiger partial charge in [-0.3, -0.25) is 0 Å². The predicted molar refractivity (Wildman–Crippen MR) is 61.2 cm³/mol. The third-order valence-corrected chi connectivity index (χ3v) is 2.72. The molecule has 1 aromatic heterocycles. The van der Waals surface area contributed by atoms with Crippen LogP contribution in [0.1, 0.15) is 19.7 Å². The first kappa shape index (κ1) is 13.1. The predicted octanol–water partition coefficient (Wildman–Crippen LogP) is 1.62. The fourth-order valence-corrected chi connectivity index (χ4v) is 1.67. The van der Waals surface area contributed by atoms with E-state index in [1.807, 2.05) is 0 Å². The van der Waals surface area contributed by atoms with E-state index in [0.717, 1.165) is 4.47 Å². The largest absolute Gasteiger partial charge is 0.479 e. The Morgan fingerprint density at radius 2 is 2.00 bits per heavy atom. The number of carbonyl (C=O) groups is 1. The summed E-state index contributed by atoms with van der Waals surface area (Å²) in [6.07, 6.45) is 2.19. The SMILES string of the molecule is COC(C(=O)O)C(C)(C)c1ncc(Br)cn1. The molecular weight excluding hydrogens is 276 g/mol. The first-order chi connectivity index (χ1) is 7.39. The van der Waals surface area contributed by atoms with E-state index in [-0.39, 0.29) is 0 Å². The highest BCUT2D eigenvalue weighted by atomic mass is 79.9. The maximum Gasteiger partial charge on any atom is 0.333 e. The van der Waals surface area contributed by atoms with Crippen LogP contribution < -0.4 is 0 Å². The quantitative estimate of drug-likeness (QED) is 0.911. The van der Waals surface area contributed by atoms with Gasteiger partial charge in [0.1, 0.15) is 5.82 Å². The molecule has 0 aliphatic heterocycles. The second-order valence-electron chi connectivity index (χ2n) is 3.90. The Bertz CT molecular complexity index is 378. The van der Waals surface area contributed by atoms with E-state index < -0.39 is 17.5 Å². The third-order valence-electron chi connectivity index (χ3n) is 2.31. The van der Waals surface area contributed by atoms with E-state index in [4.69, 9.17) is 9.84 Å². The van der Waals surface area contributed by atoms with E-state index in [2.05, 4.69) is 25.9 Å². The average Bonchev–Trinajstić information content (AvgIpc) is 2.18. The first-order valence-electron chi connectivity index (χ1n) is 4.63. The van der Waals surface area contributed by atoms with Crippen molar-refractivity contribution in [2.24, 2.45) is 0 Å². The maximum absolute atomic E-state index is 11.0. The molecule has 1 unspecified atom stereocenters. The standard InChI is InChI=1S/C10H13BrN2O3/c1-10(2,7(16-3)8(14)15)9-12-4-6(11)5-13-9/h4-5,7H,1-3H3,(H,14,15). The normalized spacial score (nSPS) is 13.5. The number of ether oxygens (including phenoxy) is 1. The molecule has 0 bridgehead atoms. The zero-order valence-electron chi connectivity index (χ0n) is 9.27. The zero-order chi connectivity index (χ0) is 12.3. The number of aromatic nitrogens is 2. The summed E-state index contributed by atoms with van der Waals surface area (Å²) in [5.74, 6) is -0.594. The van der Waals surface area contributed by atoms with Crippen LogP contribution in [0.15, 0.2) is 16.9 Å². The highest BCUT2D eigenvalue weighted by molar-refractivity contribution is 9.10. The topological polar surface area (TPSA) is 72.3 Å². The van der Waals surface area contributed by atoms with Gasteiger partial charge in [-0.1, -0.05) is 0 Å². The van der Waals surface area contributed by atoms with Crippen molar-refractivity contribution < 1.29 is 14.6 Å². The molecule has 1 atom stereocenters. The minimum absolute atomic E-state index is 0.435. The van der Waals surface area contributed by atoms with Crippen molar-refractivity contribution in [3.63, 3.8) is 0 Å². The van der Waals surface area contributed by atoms with Gasteiger partial charge in [-0.25, -0.2) is 14.8 Å². The van der Waals surface area contributed by atoms with Crippen molar-refractivity contribution >= 4 is 21.9 Å². The van der Waals surface area contributed by atoms with Crippen LogP contribution in [0, 0.1) is 0 Å². The molecule has 0 spiro atoms. The van der Waals surface area contributed by atoms with E-state index in [0.29, 0.717) is 5.82 Å². The van der Waals surface area contributed by atoms with Gasteiger partial charge in [0.05, 0.1) is 9.89 Å². The molecule has 0 fully saturated rings. The number of carboxylic acids is 1. The lowest BCUT2D eigenvalue weighted by Crippen LogP contribution is -2.42. The summed E-state index contributed by atoms with van der Waals surface area (Å²) in [6, 6.07) is 0. The van der Waals surface area contributed by atoms with Crippen molar-refractivity contribution in [2.45, 2.75) is 25.4 Å². The van der Waals surface area contributed by atoms with E-state index >= 15 is 0 Å². The van der Waals surface area contributed by atoms with Crippen molar-refractivity contribution in [3.8, 4) is 0 Å². The lowest BCUT2D eigenvalue weighted by atomic mass is 9.85. The fraction of sp³-hybridized carbons (Fsp3) is 0.500. The summed E-state index contributed by atoms with van der Waals surface area (Å²) in [5.41, 5.74) is -0.790. The minimum atomic E-state index is -1.03. The molecule has 0 aliphatic carbocycles. The summed E-state index contributed by atoms with van der Waals surface area (Å²) >= 11 is 3.22. The van der Waals surface area contributed by atoms with Crippen LogP contribution in [0.2, 0.25) is 0 Å². The number of rotatable bonds is 4. The number of hydrogen-bond acceptors (Lipinski definition) is 4. The van der Waals surface area contributed by atoms with Crippen molar-refractivity contribution in [1.82, 2.24) is 9.97 Å². The van der Waals surface area contributed by atoms with Gasteiger partial charge in [0, 0.05) is 19.5 Å². The zero-order valence-corrected chi connectivity index (χ0v) is 10.9. The fourth-order valence-electron chi connectivity index (χ4n) is 1.47. The molecule has 6 heteroatoms. The van der Waals surface area contributed by atoms with Crippen LogP contribution >= 0.6 is 15.9 Å². The second kappa shape index (κ2) is 4.88. The highest BCUT2D eigenvalue weighted by Crippen LogP contribution is 2.26. The Kier molecular flexibility index (Phi) is 3.98. The maximum atomic E-state index is 11.0. The number of halogens is 1. The Morgan fingerprint density at radius 1 is 1.50 bits per heavy atom. The van der Waals surface area contributed by atoms with Gasteiger partial charge < -0.3 is 9.84 Å². The molecular formula is C10H13BrN2O3. The Hall–Kier alpha value is -1.01. The van der Waals surface area contributed by atoms with Gasteiger partial charge in [-0.05, 0) is 29.8 Å². The van der Waals surface area contributed by atoms with Gasteiger partial charge in [-0.2, -0.15) is 0 Å². The molecule has 0 aromatic carbocycles. The second-order valence-corrected chi connectivity index (χ2v) is 4.82. The van der Waals surface area contributed by atoms with Crippen molar-refractivity contribution in [1.29, 1.82) is 0 Å². The van der Waals surface area contributed by atoms with Crippen LogP contribution in [0.25, 0.3) is 0 Å². The molecule has 0 saturated carbocycles. The molecule has 0 aliphatic rings. The van der Waals surface area contributed by atoms with Crippen LogP contribution in [0.3, 0.4) is 0 Å². The van der Waals surface area contributed by atoms with Crippen molar-refractivity contribution in [2.75, 3.05) is 7.11 Å². The van der Waals surface area contributed by atoms with Gasteiger partial charge in [0.2, 0.25) is 0 Å². The Labute approximate surface area is 102 Å². The molecule has 88 valence electrons. The summed E-state index contributed by atoms with van der Waals surface area (Å²) in [5, 5.41) is 9.03. The molecule has 0 amide bonds. The number of aliphatic carboxylic acids is 1. The third kappa shape index (κ3) is 2.56. The number of nitrogens with zero attached hydrogens (tertiary/aromatic N) is 2. The van der Waals surface area contributed by atoms with Gasteiger partial charge >= 0.3 is 5.97 Å². The van der Waals surface area contributed by atoms with Crippen LogP contribution in [-0.2, 0) is 14.9 Å². The monoisotopic (exact) mass is 288 g/mol. The van der Waals surface area contributed by atoms with Crippen LogP contribution in [0.4, 0.5) is 0 Å². The lowest BCUT2D eigenvalue weighted by molar-refractivity contribution is -0.152. The van der Waals surface area contributed by atoms with Crippen molar-refractivity contribution in [3.05, 3.63) is 22.7 Å². The summed E-state index contributed by atoms with van der Waals surface area (Å²) in [6.45, 7) is 3.47. The van der Waals surface area contributed by atoms with Gasteiger partial charge in [0.15, 0.2) is 6.10 Å². The van der Waals surface area contributed by atoms with Gasteiger partial charge in [-0.15, -0.1) is 0 Å². The summed E-state index contributed by atoms with van der Waals surface area (Å²) in [7, 11) is 1.36. The van der Waals surface area contributed by atoms with E-state index in [1.165, 1.54) is 7.11 Å². The van der Waals surface area contributed by atoms with E-state index in [9.17, 15) is 4.79 Å². The molecule has 16 heavy (non-hydrogen) atoms. The number of hydrogen-bond donors (Lipinski definition) is 1. The first-order valence-corrected chi connectivity index (χ1v) is 5.42. The molecule has 0 radical (unpaired) electrons.